The van der Waals surface area contributed by atoms with E-state index < -0.39 is 6.23 Å². The quantitative estimate of drug-likeness (QED) is 0.805. The molecule has 1 aromatic rings. The molecule has 1 heterocycles. The van der Waals surface area contributed by atoms with Crippen LogP contribution in [-0.4, -0.2) is 30.2 Å². The molecule has 0 saturated carbocycles. The van der Waals surface area contributed by atoms with Crippen molar-refractivity contribution < 1.29 is 9.94 Å². The van der Waals surface area contributed by atoms with E-state index in [1.165, 1.54) is 0 Å². The Bertz CT molecular complexity index is 405. The van der Waals surface area contributed by atoms with Crippen LogP contribution >= 0.6 is 11.6 Å². The Balaban J connectivity index is 1.95. The lowest BCUT2D eigenvalue weighted by molar-refractivity contribution is 0.0279. The molecule has 0 radical (unpaired) electrons. The highest BCUT2D eigenvalue weighted by molar-refractivity contribution is 6.30. The smallest absolute Gasteiger partial charge is 0.137 e. The largest absolute Gasteiger partial charge is 0.392 e. The van der Waals surface area contributed by atoms with Crippen molar-refractivity contribution in [1.29, 1.82) is 0 Å². The summed E-state index contributed by atoms with van der Waals surface area (Å²) in [5.41, 5.74) is 1.91. The molecule has 92 valence electrons. The van der Waals surface area contributed by atoms with Crippen molar-refractivity contribution in [2.45, 2.75) is 25.2 Å². The number of benzene rings is 1. The van der Waals surface area contributed by atoms with Crippen molar-refractivity contribution in [2.24, 2.45) is 5.16 Å². The number of aliphatic hydroxyl groups excluding tert-OH is 1. The predicted octanol–water partition coefficient (Wildman–Crippen LogP) is 1.76. The molecule has 0 spiro atoms. The van der Waals surface area contributed by atoms with Crippen LogP contribution in [0.1, 0.15) is 18.4 Å². The van der Waals surface area contributed by atoms with Crippen molar-refractivity contribution in [3.05, 3.63) is 34.9 Å². The van der Waals surface area contributed by atoms with Gasteiger partial charge in [-0.3, -0.25) is 5.32 Å². The van der Waals surface area contributed by atoms with Crippen LogP contribution in [0.2, 0.25) is 5.02 Å². The van der Waals surface area contributed by atoms with E-state index in [0.29, 0.717) is 17.9 Å². The van der Waals surface area contributed by atoms with Gasteiger partial charge in [-0.15, -0.1) is 0 Å². The zero-order valence-electron chi connectivity index (χ0n) is 9.56. The first-order valence-electron chi connectivity index (χ1n) is 5.53. The second-order valence-electron chi connectivity index (χ2n) is 4.02. The Morgan fingerprint density at radius 3 is 2.88 bits per heavy atom. The van der Waals surface area contributed by atoms with Gasteiger partial charge in [0, 0.05) is 17.9 Å². The lowest BCUT2D eigenvalue weighted by Crippen LogP contribution is -2.29. The molecule has 0 aromatic heterocycles. The van der Waals surface area contributed by atoms with Gasteiger partial charge < -0.3 is 9.94 Å². The van der Waals surface area contributed by atoms with Gasteiger partial charge in [0.25, 0.3) is 0 Å². The number of aliphatic hydroxyl groups is 1. The number of halogens is 1. The molecule has 0 bridgehead atoms. The molecule has 1 aliphatic heterocycles. The average molecular weight is 255 g/mol. The first kappa shape index (κ1) is 12.4. The Kier molecular flexibility index (Phi) is 3.99. The van der Waals surface area contributed by atoms with Crippen LogP contribution < -0.4 is 5.32 Å². The summed E-state index contributed by atoms with van der Waals surface area (Å²) < 4.78 is 0. The maximum absolute atomic E-state index is 9.45. The van der Waals surface area contributed by atoms with Gasteiger partial charge >= 0.3 is 0 Å². The SMILES string of the molecule is CNC(O)CC1CC(c2ccc(Cl)cc2)=NO1. The van der Waals surface area contributed by atoms with Gasteiger partial charge in [0.1, 0.15) is 12.3 Å². The lowest BCUT2D eigenvalue weighted by Gasteiger charge is -2.12. The molecule has 0 saturated heterocycles. The van der Waals surface area contributed by atoms with Crippen molar-refractivity contribution >= 4 is 17.3 Å². The summed E-state index contributed by atoms with van der Waals surface area (Å²) >= 11 is 5.82. The van der Waals surface area contributed by atoms with Crippen LogP contribution in [0.5, 0.6) is 0 Å². The standard InChI is InChI=1S/C12H15ClN2O2/c1-14-12(16)7-10-6-11(15-17-10)8-2-4-9(13)5-3-8/h2-5,10,12,14,16H,6-7H2,1H3. The van der Waals surface area contributed by atoms with Crippen LogP contribution in [-0.2, 0) is 4.84 Å². The Labute approximate surface area is 105 Å². The first-order valence-corrected chi connectivity index (χ1v) is 5.91. The molecule has 17 heavy (non-hydrogen) atoms. The maximum Gasteiger partial charge on any atom is 0.137 e. The molecule has 2 rings (SSSR count). The minimum atomic E-state index is -0.556. The minimum Gasteiger partial charge on any atom is -0.392 e. The van der Waals surface area contributed by atoms with E-state index in [2.05, 4.69) is 10.5 Å². The second-order valence-corrected chi connectivity index (χ2v) is 4.45. The summed E-state index contributed by atoms with van der Waals surface area (Å²) in [5.74, 6) is 0. The third-order valence-electron chi connectivity index (χ3n) is 2.73. The van der Waals surface area contributed by atoms with Gasteiger partial charge in [-0.1, -0.05) is 28.9 Å². The van der Waals surface area contributed by atoms with Crippen LogP contribution in [0, 0.1) is 0 Å². The fourth-order valence-electron chi connectivity index (χ4n) is 1.73. The van der Waals surface area contributed by atoms with Crippen LogP contribution in [0.15, 0.2) is 29.4 Å². The zero-order valence-corrected chi connectivity index (χ0v) is 10.3. The third-order valence-corrected chi connectivity index (χ3v) is 2.98. The fraction of sp³-hybridized carbons (Fsp3) is 0.417. The minimum absolute atomic E-state index is 0.0665. The molecule has 2 unspecified atom stereocenters. The van der Waals surface area contributed by atoms with Gasteiger partial charge in [0.05, 0.1) is 5.71 Å². The maximum atomic E-state index is 9.45. The summed E-state index contributed by atoms with van der Waals surface area (Å²) in [6.07, 6.45) is 0.611. The molecule has 5 heteroatoms. The Hall–Kier alpha value is -1.10. The molecule has 2 N–H and O–H groups in total. The molecule has 0 fully saturated rings. The van der Waals surface area contributed by atoms with E-state index >= 15 is 0 Å². The van der Waals surface area contributed by atoms with Gasteiger partial charge in [-0.05, 0) is 24.7 Å². The average Bonchev–Trinajstić information content (AvgIpc) is 2.78. The van der Waals surface area contributed by atoms with E-state index in [4.69, 9.17) is 16.4 Å². The van der Waals surface area contributed by atoms with Gasteiger partial charge in [0.15, 0.2) is 0 Å². The highest BCUT2D eigenvalue weighted by Gasteiger charge is 2.24. The molecule has 4 nitrogen and oxygen atoms in total. The van der Waals surface area contributed by atoms with Crippen LogP contribution in [0.3, 0.4) is 0 Å². The number of oxime groups is 1. The van der Waals surface area contributed by atoms with E-state index in [9.17, 15) is 5.11 Å². The van der Waals surface area contributed by atoms with E-state index in [-0.39, 0.29) is 6.10 Å². The summed E-state index contributed by atoms with van der Waals surface area (Å²) in [7, 11) is 1.71. The van der Waals surface area contributed by atoms with Crippen LogP contribution in [0.4, 0.5) is 0 Å². The second kappa shape index (κ2) is 5.49. The summed E-state index contributed by atoms with van der Waals surface area (Å²) in [5, 5.41) is 17.0. The third kappa shape index (κ3) is 3.19. The van der Waals surface area contributed by atoms with Crippen LogP contribution in [0.25, 0.3) is 0 Å². The van der Waals surface area contributed by atoms with Gasteiger partial charge in [-0.2, -0.15) is 0 Å². The topological polar surface area (TPSA) is 53.8 Å². The molecular formula is C12H15ClN2O2. The predicted molar refractivity (Wildman–Crippen MR) is 67.2 cm³/mol. The number of hydrogen-bond acceptors (Lipinski definition) is 4. The van der Waals surface area contributed by atoms with E-state index in [1.54, 1.807) is 7.05 Å². The number of hydrogen-bond donors (Lipinski definition) is 2. The summed E-state index contributed by atoms with van der Waals surface area (Å²) in [6, 6.07) is 7.49. The van der Waals surface area contributed by atoms with Crippen molar-refractivity contribution in [1.82, 2.24) is 5.32 Å². The highest BCUT2D eigenvalue weighted by Crippen LogP contribution is 2.20. The molecule has 1 aliphatic rings. The van der Waals surface area contributed by atoms with E-state index in [0.717, 1.165) is 11.3 Å². The summed E-state index contributed by atoms with van der Waals surface area (Å²) in [4.78, 5) is 5.28. The monoisotopic (exact) mass is 254 g/mol. The molecule has 1 aromatic carbocycles. The van der Waals surface area contributed by atoms with Gasteiger partial charge in [0.2, 0.25) is 0 Å². The number of rotatable bonds is 4. The number of nitrogens with zero attached hydrogens (tertiary/aromatic N) is 1. The first-order chi connectivity index (χ1) is 8.19. The Morgan fingerprint density at radius 1 is 1.53 bits per heavy atom. The van der Waals surface area contributed by atoms with Crippen molar-refractivity contribution in [2.75, 3.05) is 7.05 Å². The lowest BCUT2D eigenvalue weighted by atomic mass is 10.0. The zero-order chi connectivity index (χ0) is 12.3. The normalized spacial score (nSPS) is 20.9. The van der Waals surface area contributed by atoms with Crippen molar-refractivity contribution in [3.63, 3.8) is 0 Å². The summed E-state index contributed by atoms with van der Waals surface area (Å²) in [6.45, 7) is 0. The molecule has 2 atom stereocenters. The Morgan fingerprint density at radius 2 is 2.24 bits per heavy atom. The van der Waals surface area contributed by atoms with E-state index in [1.807, 2.05) is 24.3 Å². The highest BCUT2D eigenvalue weighted by atomic mass is 35.5. The number of nitrogens with one attached hydrogen (secondary N) is 1. The molecule has 0 amide bonds. The van der Waals surface area contributed by atoms with Gasteiger partial charge in [-0.25, -0.2) is 0 Å². The fourth-order valence-corrected chi connectivity index (χ4v) is 1.86. The van der Waals surface area contributed by atoms with Crippen molar-refractivity contribution in [3.8, 4) is 0 Å². The molecular weight excluding hydrogens is 240 g/mol. The molecule has 0 aliphatic carbocycles.